The quantitative estimate of drug-likeness (QED) is 0.208. The Hall–Kier alpha value is -3.94. The van der Waals surface area contributed by atoms with Crippen molar-refractivity contribution in [3.63, 3.8) is 0 Å². The van der Waals surface area contributed by atoms with Gasteiger partial charge in [0.2, 0.25) is 5.91 Å². The van der Waals surface area contributed by atoms with Crippen LogP contribution in [0.4, 0.5) is 0 Å². The number of aryl methyl sites for hydroxylation is 1. The number of benzene rings is 1. The molecule has 2 aliphatic carbocycles. The summed E-state index contributed by atoms with van der Waals surface area (Å²) in [7, 11) is 0. The van der Waals surface area contributed by atoms with Gasteiger partial charge in [-0.1, -0.05) is 32.9 Å². The number of likely N-dealkylation sites (tertiary alicyclic amines) is 1. The molecule has 1 unspecified atom stereocenters. The van der Waals surface area contributed by atoms with Gasteiger partial charge in [-0.2, -0.15) is 5.10 Å². The summed E-state index contributed by atoms with van der Waals surface area (Å²) in [5.41, 5.74) is 7.53. The summed E-state index contributed by atoms with van der Waals surface area (Å²) in [5.74, 6) is 2.82. The van der Waals surface area contributed by atoms with Crippen LogP contribution in [-0.2, 0) is 22.4 Å². The fourth-order valence-electron chi connectivity index (χ4n) is 7.28. The highest BCUT2D eigenvalue weighted by molar-refractivity contribution is 5.90. The fraction of sp³-hybridized carbons (Fsp3) is 0.526. The number of esters is 1. The Labute approximate surface area is 273 Å². The Morgan fingerprint density at radius 2 is 1.78 bits per heavy atom. The fourth-order valence-corrected chi connectivity index (χ4v) is 7.28. The summed E-state index contributed by atoms with van der Waals surface area (Å²) >= 11 is 0. The topological polar surface area (TPSA) is 86.5 Å². The molecule has 8 nitrogen and oxygen atoms in total. The molecule has 244 valence electrons. The van der Waals surface area contributed by atoms with Crippen LogP contribution in [-0.4, -0.2) is 57.8 Å². The number of carbonyl (C=O) groups excluding carboxylic acids is 2. The summed E-state index contributed by atoms with van der Waals surface area (Å²) < 4.78 is 13.5. The van der Waals surface area contributed by atoms with Crippen LogP contribution in [0.5, 0.6) is 5.75 Å². The van der Waals surface area contributed by atoms with Crippen molar-refractivity contribution in [2.75, 3.05) is 26.3 Å². The van der Waals surface area contributed by atoms with E-state index in [1.165, 1.54) is 22.3 Å². The number of amides is 1. The number of allylic oxidation sites excluding steroid dienone is 1. The van der Waals surface area contributed by atoms with Crippen molar-refractivity contribution < 1.29 is 19.1 Å². The number of nitrogens with zero attached hydrogens (tertiary/aromatic N) is 4. The van der Waals surface area contributed by atoms with Crippen LogP contribution in [0.2, 0.25) is 0 Å². The zero-order valence-electron chi connectivity index (χ0n) is 27.9. The molecule has 46 heavy (non-hydrogen) atoms. The van der Waals surface area contributed by atoms with Crippen molar-refractivity contribution in [3.8, 4) is 11.6 Å². The van der Waals surface area contributed by atoms with Gasteiger partial charge in [-0.05, 0) is 123 Å². The molecule has 6 rings (SSSR count). The van der Waals surface area contributed by atoms with E-state index in [-0.39, 0.29) is 5.97 Å². The van der Waals surface area contributed by atoms with E-state index in [0.29, 0.717) is 54.7 Å². The molecule has 1 aromatic carbocycles. The second-order valence-corrected chi connectivity index (χ2v) is 13.0. The van der Waals surface area contributed by atoms with Gasteiger partial charge in [-0.25, -0.2) is 14.5 Å². The minimum absolute atomic E-state index is 0.303. The maximum absolute atomic E-state index is 12.5. The lowest BCUT2D eigenvalue weighted by Crippen LogP contribution is -2.38. The van der Waals surface area contributed by atoms with Gasteiger partial charge in [0.15, 0.2) is 5.82 Å². The molecule has 1 saturated heterocycles. The molecule has 1 atom stereocenters. The molecule has 2 aromatic heterocycles. The van der Waals surface area contributed by atoms with Gasteiger partial charge in [0.05, 0.1) is 24.2 Å². The first-order valence-corrected chi connectivity index (χ1v) is 17.4. The number of hydrogen-bond acceptors (Lipinski definition) is 6. The van der Waals surface area contributed by atoms with E-state index in [1.54, 1.807) is 10.9 Å². The minimum Gasteiger partial charge on any atom is -0.489 e. The predicted octanol–water partition coefficient (Wildman–Crippen LogP) is 7.34. The molecular weight excluding hydrogens is 576 g/mol. The van der Waals surface area contributed by atoms with Gasteiger partial charge < -0.3 is 14.4 Å². The molecule has 3 heterocycles. The third-order valence-corrected chi connectivity index (χ3v) is 10.1. The van der Waals surface area contributed by atoms with E-state index >= 15 is 0 Å². The lowest BCUT2D eigenvalue weighted by molar-refractivity contribution is -0.133. The molecule has 1 amide bonds. The Morgan fingerprint density at radius 3 is 2.50 bits per heavy atom. The number of carbonyl (C=O) groups is 2. The summed E-state index contributed by atoms with van der Waals surface area (Å²) in [6.45, 7) is 10.9. The lowest BCUT2D eigenvalue weighted by atomic mass is 9.82. The average Bonchev–Trinajstić information content (AvgIpc) is 3.85. The predicted molar refractivity (Wildman–Crippen MR) is 179 cm³/mol. The molecule has 0 spiro atoms. The maximum atomic E-state index is 12.5. The minimum atomic E-state index is -0.352. The molecule has 0 radical (unpaired) electrons. The van der Waals surface area contributed by atoms with Crippen LogP contribution in [0.25, 0.3) is 11.4 Å². The molecule has 2 fully saturated rings. The third kappa shape index (κ3) is 6.76. The molecular formula is C38H48N4O4. The van der Waals surface area contributed by atoms with E-state index < -0.39 is 0 Å². The van der Waals surface area contributed by atoms with Crippen molar-refractivity contribution in [3.05, 3.63) is 76.2 Å². The van der Waals surface area contributed by atoms with Crippen molar-refractivity contribution in [1.82, 2.24) is 19.7 Å². The maximum Gasteiger partial charge on any atom is 0.341 e. The van der Waals surface area contributed by atoms with Crippen LogP contribution in [0.3, 0.4) is 0 Å². The molecule has 0 bridgehead atoms. The van der Waals surface area contributed by atoms with Crippen LogP contribution >= 0.6 is 0 Å². The van der Waals surface area contributed by atoms with E-state index in [4.69, 9.17) is 14.5 Å². The second kappa shape index (κ2) is 14.2. The molecule has 0 N–H and O–H groups in total. The first-order chi connectivity index (χ1) is 22.4. The normalized spacial score (nSPS) is 19.0. The first-order valence-electron chi connectivity index (χ1n) is 17.4. The van der Waals surface area contributed by atoms with E-state index in [2.05, 4.69) is 48.1 Å². The van der Waals surface area contributed by atoms with Gasteiger partial charge >= 0.3 is 5.97 Å². The summed E-state index contributed by atoms with van der Waals surface area (Å²) in [4.78, 5) is 32.2. The van der Waals surface area contributed by atoms with E-state index in [9.17, 15) is 9.59 Å². The summed E-state index contributed by atoms with van der Waals surface area (Å²) in [6.07, 6.45) is 10.6. The smallest absolute Gasteiger partial charge is 0.341 e. The number of rotatable bonds is 11. The lowest BCUT2D eigenvalue weighted by Gasteiger charge is -2.33. The number of piperidine rings is 1. The zero-order chi connectivity index (χ0) is 32.2. The highest BCUT2D eigenvalue weighted by Gasteiger charge is 2.35. The van der Waals surface area contributed by atoms with Crippen LogP contribution in [0.15, 0.2) is 48.2 Å². The first kappa shape index (κ1) is 32.0. The molecule has 3 aromatic rings. The van der Waals surface area contributed by atoms with Gasteiger partial charge in [0, 0.05) is 19.0 Å². The third-order valence-electron chi connectivity index (χ3n) is 10.1. The van der Waals surface area contributed by atoms with Crippen molar-refractivity contribution in [2.24, 2.45) is 11.8 Å². The Balaban J connectivity index is 1.19. The number of ether oxygens (including phenoxy) is 2. The summed E-state index contributed by atoms with van der Waals surface area (Å²) in [5, 5.41) is 4.53. The summed E-state index contributed by atoms with van der Waals surface area (Å²) in [6, 6.07) is 12.7. The van der Waals surface area contributed by atoms with Crippen LogP contribution in [0, 0.1) is 11.8 Å². The molecule has 3 aliphatic rings. The van der Waals surface area contributed by atoms with E-state index in [0.717, 1.165) is 81.6 Å². The van der Waals surface area contributed by atoms with Crippen LogP contribution < -0.4 is 4.74 Å². The standard InChI is InChI=1S/C38H48N4O4/c1-5-26-22-29(16-17-30(26)27-18-20-41(21-19-27)37(43)28-14-15-28)46-24-33-25(4)10-8-11-31(33)34-12-9-13-36(40-34)42-35(6-2)32(23-39-42)38(44)45-7-3/h9,12-13,16-17,22-23,25,27-28H,5-8,10-11,14-15,18-21,24H2,1-4H3. The van der Waals surface area contributed by atoms with Crippen LogP contribution in [0.1, 0.15) is 111 Å². The SMILES string of the molecule is CCOC(=O)c1cnn(-c2cccc(C3=C(COc4ccc(C5CCN(C(=O)C6CC6)CC5)c(CC)c4)C(C)CCC3)n2)c1CC. The Morgan fingerprint density at radius 1 is 0.978 bits per heavy atom. The second-order valence-electron chi connectivity index (χ2n) is 13.0. The van der Waals surface area contributed by atoms with Gasteiger partial charge in [-0.3, -0.25) is 4.79 Å². The largest absolute Gasteiger partial charge is 0.489 e. The molecule has 1 aliphatic heterocycles. The number of pyridine rings is 1. The van der Waals surface area contributed by atoms with Crippen molar-refractivity contribution in [1.29, 1.82) is 0 Å². The highest BCUT2D eigenvalue weighted by Crippen LogP contribution is 2.38. The zero-order valence-corrected chi connectivity index (χ0v) is 27.9. The van der Waals surface area contributed by atoms with Crippen molar-refractivity contribution >= 4 is 17.4 Å². The average molecular weight is 625 g/mol. The molecule has 1 saturated carbocycles. The van der Waals surface area contributed by atoms with Gasteiger partial charge in [0.25, 0.3) is 0 Å². The number of aromatic nitrogens is 3. The van der Waals surface area contributed by atoms with E-state index in [1.807, 2.05) is 26.0 Å². The Kier molecular flexibility index (Phi) is 9.90. The number of hydrogen-bond donors (Lipinski definition) is 0. The highest BCUT2D eigenvalue weighted by atomic mass is 16.5. The molecule has 8 heteroatoms. The van der Waals surface area contributed by atoms with Crippen molar-refractivity contribution in [2.45, 2.75) is 91.4 Å². The van der Waals surface area contributed by atoms with Gasteiger partial charge in [-0.15, -0.1) is 0 Å². The van der Waals surface area contributed by atoms with Gasteiger partial charge in [0.1, 0.15) is 17.9 Å². The monoisotopic (exact) mass is 624 g/mol. The Bertz CT molecular complexity index is 1600.